The molecule has 0 heterocycles. The number of nitrogens with two attached hydrogens (primary N) is 1. The van der Waals surface area contributed by atoms with E-state index in [0.717, 1.165) is 17.1 Å². The third-order valence-electron chi connectivity index (χ3n) is 1.92. The summed E-state index contributed by atoms with van der Waals surface area (Å²) in [5.41, 5.74) is 0.0930. The van der Waals surface area contributed by atoms with Crippen LogP contribution >= 0.6 is 12.4 Å². The van der Waals surface area contributed by atoms with E-state index in [1.165, 1.54) is 31.1 Å². The highest BCUT2D eigenvalue weighted by Gasteiger charge is 2.31. The van der Waals surface area contributed by atoms with Crippen LogP contribution in [-0.4, -0.2) is 31.4 Å². The van der Waals surface area contributed by atoms with Crippen molar-refractivity contribution in [3.8, 4) is 5.75 Å². The number of carbonyl (C=O) groups excluding carboxylic acids is 1. The molecule has 108 valence electrons. The Balaban J connectivity index is 0.00000324. The lowest BCUT2D eigenvalue weighted by molar-refractivity contribution is -0.274. The Kier molecular flexibility index (Phi) is 5.91. The van der Waals surface area contributed by atoms with Crippen molar-refractivity contribution < 1.29 is 22.7 Å². The van der Waals surface area contributed by atoms with Gasteiger partial charge in [-0.3, -0.25) is 0 Å². The zero-order valence-corrected chi connectivity index (χ0v) is 11.0. The molecule has 1 rings (SSSR count). The molecule has 0 unspecified atom stereocenters. The number of carbonyl (C=O) groups is 1. The second kappa shape index (κ2) is 6.48. The normalized spacial score (nSPS) is 10.4. The molecule has 19 heavy (non-hydrogen) atoms. The Labute approximate surface area is 114 Å². The number of ether oxygens (including phenoxy) is 1. The molecule has 2 N–H and O–H groups in total. The first-order valence-corrected chi connectivity index (χ1v) is 4.82. The second-order valence-electron chi connectivity index (χ2n) is 3.59. The van der Waals surface area contributed by atoms with Gasteiger partial charge in [-0.25, -0.2) is 15.6 Å². The van der Waals surface area contributed by atoms with Crippen LogP contribution in [0, 0.1) is 0 Å². The van der Waals surface area contributed by atoms with Gasteiger partial charge in [0.1, 0.15) is 5.75 Å². The summed E-state index contributed by atoms with van der Waals surface area (Å²) in [4.78, 5) is 12.7. The zero-order valence-electron chi connectivity index (χ0n) is 10.1. The van der Waals surface area contributed by atoms with E-state index in [9.17, 15) is 18.0 Å². The topological polar surface area (TPSA) is 58.8 Å². The monoisotopic (exact) mass is 299 g/mol. The van der Waals surface area contributed by atoms with Gasteiger partial charge in [0.05, 0.1) is 5.69 Å². The Bertz CT molecular complexity index is 440. The standard InChI is InChI=1S/C10H12F3N3O2.ClH/c1-15(2)9(17)16(14)7-4-3-5-8(6-7)18-10(11,12)13;/h3-6H,14H2,1-2H3;1H. The van der Waals surface area contributed by atoms with Gasteiger partial charge in [-0.15, -0.1) is 25.6 Å². The molecule has 0 saturated heterocycles. The van der Waals surface area contributed by atoms with E-state index in [4.69, 9.17) is 5.84 Å². The van der Waals surface area contributed by atoms with E-state index in [2.05, 4.69) is 4.74 Å². The summed E-state index contributed by atoms with van der Waals surface area (Å²) in [6, 6.07) is 4.27. The van der Waals surface area contributed by atoms with E-state index in [1.807, 2.05) is 0 Å². The van der Waals surface area contributed by atoms with Gasteiger partial charge >= 0.3 is 12.4 Å². The van der Waals surface area contributed by atoms with Gasteiger partial charge < -0.3 is 9.64 Å². The maximum absolute atomic E-state index is 12.0. The fraction of sp³-hybridized carbons (Fsp3) is 0.300. The molecule has 1 aromatic rings. The molecule has 0 spiro atoms. The number of hydrogen-bond donors (Lipinski definition) is 1. The summed E-state index contributed by atoms with van der Waals surface area (Å²) in [6.07, 6.45) is -4.79. The summed E-state index contributed by atoms with van der Waals surface area (Å²) in [7, 11) is 2.94. The van der Waals surface area contributed by atoms with Gasteiger partial charge in [-0.1, -0.05) is 6.07 Å². The van der Waals surface area contributed by atoms with Crippen LogP contribution in [0.3, 0.4) is 0 Å². The third-order valence-corrected chi connectivity index (χ3v) is 1.92. The Morgan fingerprint density at radius 2 is 1.89 bits per heavy atom. The van der Waals surface area contributed by atoms with Gasteiger partial charge in [-0.2, -0.15) is 0 Å². The number of hydrogen-bond acceptors (Lipinski definition) is 3. The van der Waals surface area contributed by atoms with Crippen LogP contribution in [0.5, 0.6) is 5.75 Å². The number of halogens is 4. The molecule has 0 atom stereocenters. The van der Waals surface area contributed by atoms with Crippen LogP contribution in [0.25, 0.3) is 0 Å². The van der Waals surface area contributed by atoms with Crippen LogP contribution in [0.4, 0.5) is 23.7 Å². The van der Waals surface area contributed by atoms with Crippen LogP contribution in [0.15, 0.2) is 24.3 Å². The lowest BCUT2D eigenvalue weighted by Gasteiger charge is -2.21. The molecular formula is C10H13ClF3N3O2. The maximum Gasteiger partial charge on any atom is 0.573 e. The van der Waals surface area contributed by atoms with E-state index in [0.29, 0.717) is 0 Å². The van der Waals surface area contributed by atoms with Crippen LogP contribution in [-0.2, 0) is 0 Å². The molecule has 9 heteroatoms. The minimum atomic E-state index is -4.79. The molecule has 0 bridgehead atoms. The zero-order chi connectivity index (χ0) is 13.9. The highest BCUT2D eigenvalue weighted by molar-refractivity contribution is 5.90. The van der Waals surface area contributed by atoms with Gasteiger partial charge in [0.2, 0.25) is 0 Å². The average Bonchev–Trinajstić information content (AvgIpc) is 2.25. The quantitative estimate of drug-likeness (QED) is 0.518. The lowest BCUT2D eigenvalue weighted by atomic mass is 10.3. The van der Waals surface area contributed by atoms with Crippen LogP contribution in [0.1, 0.15) is 0 Å². The molecule has 0 aliphatic rings. The van der Waals surface area contributed by atoms with Gasteiger partial charge in [0.15, 0.2) is 0 Å². The molecule has 5 nitrogen and oxygen atoms in total. The Morgan fingerprint density at radius 3 is 2.37 bits per heavy atom. The van der Waals surface area contributed by atoms with Crippen molar-refractivity contribution in [3.63, 3.8) is 0 Å². The summed E-state index contributed by atoms with van der Waals surface area (Å²) in [5, 5.41) is 0.725. The molecule has 1 aromatic carbocycles. The number of alkyl halides is 3. The predicted octanol–water partition coefficient (Wildman–Crippen LogP) is 2.37. The molecular weight excluding hydrogens is 287 g/mol. The largest absolute Gasteiger partial charge is 0.573 e. The summed E-state index contributed by atoms with van der Waals surface area (Å²) in [6.45, 7) is 0. The molecule has 2 amide bonds. The van der Waals surface area contributed by atoms with E-state index in [-0.39, 0.29) is 18.1 Å². The summed E-state index contributed by atoms with van der Waals surface area (Å²) >= 11 is 0. The second-order valence-corrected chi connectivity index (χ2v) is 3.59. The van der Waals surface area contributed by atoms with Crippen molar-refractivity contribution in [1.29, 1.82) is 0 Å². The van der Waals surface area contributed by atoms with Gasteiger partial charge in [0, 0.05) is 20.2 Å². The first kappa shape index (κ1) is 17.3. The van der Waals surface area contributed by atoms with E-state index < -0.39 is 18.1 Å². The van der Waals surface area contributed by atoms with Gasteiger partial charge in [-0.05, 0) is 12.1 Å². The number of amides is 2. The van der Waals surface area contributed by atoms with Crippen LogP contribution < -0.4 is 15.6 Å². The van der Waals surface area contributed by atoms with E-state index >= 15 is 0 Å². The minimum Gasteiger partial charge on any atom is -0.406 e. The Morgan fingerprint density at radius 1 is 1.32 bits per heavy atom. The van der Waals surface area contributed by atoms with Crippen molar-refractivity contribution in [3.05, 3.63) is 24.3 Å². The van der Waals surface area contributed by atoms with Gasteiger partial charge in [0.25, 0.3) is 0 Å². The lowest BCUT2D eigenvalue weighted by Crippen LogP contribution is -2.44. The highest BCUT2D eigenvalue weighted by Crippen LogP contribution is 2.26. The predicted molar refractivity (Wildman–Crippen MR) is 66.1 cm³/mol. The third kappa shape index (κ3) is 5.23. The minimum absolute atomic E-state index is 0. The number of rotatable bonds is 2. The fourth-order valence-electron chi connectivity index (χ4n) is 1.16. The van der Waals surface area contributed by atoms with Crippen molar-refractivity contribution in [2.75, 3.05) is 19.1 Å². The smallest absolute Gasteiger partial charge is 0.406 e. The number of hydrazine groups is 1. The SMILES string of the molecule is CN(C)C(=O)N(N)c1cccc(OC(F)(F)F)c1.Cl. The van der Waals surface area contributed by atoms with Crippen molar-refractivity contribution >= 4 is 24.1 Å². The maximum atomic E-state index is 12.0. The molecule has 0 aliphatic carbocycles. The van der Waals surface area contributed by atoms with Crippen LogP contribution in [0.2, 0.25) is 0 Å². The van der Waals surface area contributed by atoms with Crippen molar-refractivity contribution in [2.45, 2.75) is 6.36 Å². The average molecular weight is 300 g/mol. The van der Waals surface area contributed by atoms with Crippen molar-refractivity contribution in [2.24, 2.45) is 5.84 Å². The number of anilines is 1. The molecule has 0 saturated carbocycles. The number of nitrogens with zero attached hydrogens (tertiary/aromatic N) is 2. The molecule has 0 aromatic heterocycles. The molecule has 0 radical (unpaired) electrons. The molecule has 0 fully saturated rings. The highest BCUT2D eigenvalue weighted by atomic mass is 35.5. The summed E-state index contributed by atoms with van der Waals surface area (Å²) < 4.78 is 39.8. The Hall–Kier alpha value is -1.67. The van der Waals surface area contributed by atoms with Crippen molar-refractivity contribution in [1.82, 2.24) is 4.90 Å². The van der Waals surface area contributed by atoms with E-state index in [1.54, 1.807) is 0 Å². The number of urea groups is 1. The summed E-state index contributed by atoms with van der Waals surface area (Å²) in [5.74, 6) is 5.03. The fourth-order valence-corrected chi connectivity index (χ4v) is 1.16. The molecule has 0 aliphatic heterocycles. The first-order chi connectivity index (χ1) is 8.20. The number of benzene rings is 1. The first-order valence-electron chi connectivity index (χ1n) is 4.82.